The van der Waals surface area contributed by atoms with Gasteiger partial charge in [0.05, 0.1) is 59.5 Å². The average Bonchev–Trinajstić information content (AvgIpc) is 3.57. The van der Waals surface area contributed by atoms with Gasteiger partial charge in [-0.05, 0) is 120 Å². The van der Waals surface area contributed by atoms with Gasteiger partial charge in [-0.25, -0.2) is 4.79 Å². The summed E-state index contributed by atoms with van der Waals surface area (Å²) >= 11 is 0. The molecule has 0 radical (unpaired) electrons. The topological polar surface area (TPSA) is 228 Å². The Hall–Kier alpha value is -7.48. The zero-order chi connectivity index (χ0) is 61.7. The van der Waals surface area contributed by atoms with Crippen LogP contribution in [0.15, 0.2) is 120 Å². The van der Waals surface area contributed by atoms with Crippen LogP contribution in [0.2, 0.25) is 0 Å². The summed E-state index contributed by atoms with van der Waals surface area (Å²) in [6, 6.07) is 21.1. The quantitative estimate of drug-likeness (QED) is 0.0603. The first-order chi connectivity index (χ1) is 40.6. The van der Waals surface area contributed by atoms with Gasteiger partial charge in [-0.2, -0.15) is 0 Å². The first-order valence-corrected chi connectivity index (χ1v) is 29.4. The van der Waals surface area contributed by atoms with E-state index >= 15 is 0 Å². The second-order valence-electron chi connectivity index (χ2n) is 23.1. The summed E-state index contributed by atoms with van der Waals surface area (Å²) < 4.78 is 23.4. The van der Waals surface area contributed by atoms with Gasteiger partial charge in [0.2, 0.25) is 0 Å². The zero-order valence-electron chi connectivity index (χ0n) is 51.3. The number of Topliss-reactive ketones (excluding diaryl/α,β-unsaturated/α-hetero) is 1. The van der Waals surface area contributed by atoms with Gasteiger partial charge in [-0.15, -0.1) is 0 Å². The summed E-state index contributed by atoms with van der Waals surface area (Å²) in [7, 11) is 2.72. The molecule has 18 nitrogen and oxygen atoms in total. The van der Waals surface area contributed by atoms with E-state index in [9.17, 15) is 33.9 Å². The maximum Gasteiger partial charge on any atom is 0.326 e. The van der Waals surface area contributed by atoms with Gasteiger partial charge < -0.3 is 38.9 Å². The molecule has 6 heterocycles. The van der Waals surface area contributed by atoms with Gasteiger partial charge >= 0.3 is 17.9 Å². The molecule has 3 N–H and O–H groups in total. The van der Waals surface area contributed by atoms with E-state index in [-0.39, 0.29) is 54.0 Å². The first-order valence-electron chi connectivity index (χ1n) is 29.4. The fourth-order valence-electron chi connectivity index (χ4n) is 10.9. The SMILES string of the molecule is CC(C)CC(C(=O)O)n1cc(CN2CCOCC2)ccc1=O.COC(=O)C[C@H](CC(=O)C(CC(C)C)n1cc(CN2CCOCC2)ccc1=O)c1cncc(-c2c(C)cccc2C)c1.COC(=O)C[C@H](N)c1cncc(-c2c(C)cccc2C)c1. The molecule has 2 unspecified atom stereocenters. The summed E-state index contributed by atoms with van der Waals surface area (Å²) in [5.74, 6) is -1.81. The van der Waals surface area contributed by atoms with Crippen molar-refractivity contribution in [3.63, 3.8) is 0 Å². The van der Waals surface area contributed by atoms with Gasteiger partial charge in [-0.3, -0.25) is 43.7 Å². The molecular formula is C67H87N7O11. The summed E-state index contributed by atoms with van der Waals surface area (Å²) in [6.07, 6.45) is 11.8. The summed E-state index contributed by atoms with van der Waals surface area (Å²) in [5.41, 5.74) is 18.0. The van der Waals surface area contributed by atoms with Crippen molar-refractivity contribution < 1.29 is 43.2 Å². The number of aliphatic carboxylic acids is 1. The van der Waals surface area contributed by atoms with Crippen LogP contribution in [-0.4, -0.2) is 125 Å². The number of hydrogen-bond donors (Lipinski definition) is 2. The number of carboxylic acid groups (broad SMARTS) is 1. The lowest BCUT2D eigenvalue weighted by atomic mass is 9.86. The van der Waals surface area contributed by atoms with Crippen molar-refractivity contribution in [1.29, 1.82) is 0 Å². The minimum Gasteiger partial charge on any atom is -0.480 e. The van der Waals surface area contributed by atoms with Crippen molar-refractivity contribution in [3.05, 3.63) is 175 Å². The van der Waals surface area contributed by atoms with E-state index in [4.69, 9.17) is 19.9 Å². The van der Waals surface area contributed by atoms with E-state index in [0.29, 0.717) is 52.4 Å². The van der Waals surface area contributed by atoms with Gasteiger partial charge in [0.15, 0.2) is 5.78 Å². The Morgan fingerprint density at radius 2 is 0.988 bits per heavy atom. The van der Waals surface area contributed by atoms with Gasteiger partial charge in [-0.1, -0.05) is 76.2 Å². The van der Waals surface area contributed by atoms with E-state index in [2.05, 4.69) is 76.5 Å². The molecule has 85 heavy (non-hydrogen) atoms. The fraction of sp³-hybridized carbons (Fsp3) is 0.463. The van der Waals surface area contributed by atoms with Gasteiger partial charge in [0, 0.05) is 118 Å². The van der Waals surface area contributed by atoms with E-state index < -0.39 is 36.0 Å². The number of ketones is 1. The standard InChI is InChI=1S/C34H43N3O5.C17H20N2O2.C16H24N2O4/c1-23(2)15-30(37-22-26(9-10-32(37)39)21-36-11-13-42-14-12-36)31(38)17-27(18-33(40)41-5)28-16-29(20-35-19-28)34-24(3)7-6-8-25(34)4;1-11-5-4-6-12(2)17(11)14-7-13(9-19-10-14)15(18)8-16(20)21-3;1-12(2)9-14(16(20)21)18-11-13(3-4-15(18)19)10-17-5-7-22-8-6-17/h6-10,16,19-20,22-23,27,30H,11-15,17-18,21H2,1-5H3;4-7,9-10,15H,8,18H2,1-3H3;3-4,11-12,14H,5-10H2,1-2H3,(H,20,21)/t27-,30?;15-;/m00./s1. The molecule has 4 aromatic heterocycles. The van der Waals surface area contributed by atoms with Gasteiger partial charge in [0.25, 0.3) is 11.1 Å². The summed E-state index contributed by atoms with van der Waals surface area (Å²) in [6.45, 7) is 23.9. The molecule has 2 aliphatic rings. The van der Waals surface area contributed by atoms with E-state index in [1.54, 1.807) is 35.3 Å². The number of pyridine rings is 4. The maximum absolute atomic E-state index is 14.1. The van der Waals surface area contributed by atoms with Crippen molar-refractivity contribution in [2.45, 2.75) is 125 Å². The van der Waals surface area contributed by atoms with Crippen LogP contribution in [0.5, 0.6) is 0 Å². The fourth-order valence-corrected chi connectivity index (χ4v) is 10.9. The molecular weight excluding hydrogens is 1080 g/mol. The molecule has 0 aliphatic carbocycles. The number of nitrogens with zero attached hydrogens (tertiary/aromatic N) is 6. The van der Waals surface area contributed by atoms with E-state index in [1.165, 1.54) is 36.0 Å². The van der Waals surface area contributed by atoms with Gasteiger partial charge in [0.1, 0.15) is 6.04 Å². The third-order valence-corrected chi connectivity index (χ3v) is 15.4. The second kappa shape index (κ2) is 32.7. The number of ether oxygens (including phenoxy) is 4. The highest BCUT2D eigenvalue weighted by molar-refractivity contribution is 5.84. The number of esters is 2. The smallest absolute Gasteiger partial charge is 0.326 e. The van der Waals surface area contributed by atoms with Crippen molar-refractivity contribution in [2.24, 2.45) is 17.6 Å². The maximum atomic E-state index is 14.1. The van der Waals surface area contributed by atoms with Crippen LogP contribution in [0.3, 0.4) is 0 Å². The minimum atomic E-state index is -0.959. The normalized spacial score (nSPS) is 15.1. The summed E-state index contributed by atoms with van der Waals surface area (Å²) in [5, 5.41) is 9.43. The molecule has 2 aromatic carbocycles. The Kier molecular flexibility index (Phi) is 25.6. The van der Waals surface area contributed by atoms with Crippen molar-refractivity contribution in [1.82, 2.24) is 28.9 Å². The van der Waals surface area contributed by atoms with Crippen LogP contribution in [0.4, 0.5) is 0 Å². The second-order valence-corrected chi connectivity index (χ2v) is 23.1. The number of hydrogen-bond acceptors (Lipinski definition) is 15. The lowest BCUT2D eigenvalue weighted by Gasteiger charge is -2.27. The highest BCUT2D eigenvalue weighted by atomic mass is 16.5. The highest BCUT2D eigenvalue weighted by Gasteiger charge is 2.29. The lowest BCUT2D eigenvalue weighted by molar-refractivity contribution is -0.142. The number of nitrogens with two attached hydrogens (primary N) is 1. The molecule has 2 aliphatic heterocycles. The molecule has 0 bridgehead atoms. The van der Waals surface area contributed by atoms with Crippen LogP contribution in [0.1, 0.15) is 128 Å². The van der Waals surface area contributed by atoms with Crippen LogP contribution in [-0.2, 0) is 51.2 Å². The molecule has 6 aromatic rings. The summed E-state index contributed by atoms with van der Waals surface area (Å²) in [4.78, 5) is 87.9. The van der Waals surface area contributed by atoms with Crippen LogP contribution in [0.25, 0.3) is 22.3 Å². The molecule has 0 saturated carbocycles. The third kappa shape index (κ3) is 19.8. The number of morpholine rings is 2. The van der Waals surface area contributed by atoms with Crippen molar-refractivity contribution in [2.75, 3.05) is 66.8 Å². The number of methoxy groups -OCH3 is 2. The molecule has 0 amide bonds. The number of aromatic nitrogens is 4. The monoisotopic (exact) mass is 1170 g/mol. The lowest BCUT2D eigenvalue weighted by Crippen LogP contribution is -2.36. The number of carboxylic acids is 1. The van der Waals surface area contributed by atoms with Crippen molar-refractivity contribution >= 4 is 23.7 Å². The average molecular weight is 1170 g/mol. The van der Waals surface area contributed by atoms with Crippen LogP contribution in [0, 0.1) is 39.5 Å². The predicted octanol–water partition coefficient (Wildman–Crippen LogP) is 9.53. The number of carbonyl (C=O) groups is 4. The molecule has 8 rings (SSSR count). The number of aryl methyl sites for hydroxylation is 4. The Labute approximate surface area is 500 Å². The molecule has 2 fully saturated rings. The third-order valence-electron chi connectivity index (χ3n) is 15.4. The Morgan fingerprint density at radius 1 is 0.576 bits per heavy atom. The number of rotatable bonds is 22. The minimum absolute atomic E-state index is 0.0422. The number of benzene rings is 2. The van der Waals surface area contributed by atoms with Crippen LogP contribution < -0.4 is 16.9 Å². The zero-order valence-corrected chi connectivity index (χ0v) is 51.3. The molecule has 2 saturated heterocycles. The highest BCUT2D eigenvalue weighted by Crippen LogP contribution is 2.34. The Balaban J connectivity index is 0.000000226. The largest absolute Gasteiger partial charge is 0.480 e. The molecule has 4 atom stereocenters. The molecule has 18 heteroatoms. The Morgan fingerprint density at radius 3 is 1.42 bits per heavy atom. The first kappa shape index (κ1) is 66.7. The molecule has 456 valence electrons. The van der Waals surface area contributed by atoms with E-state index in [1.807, 2.05) is 76.6 Å². The Bertz CT molecular complexity index is 3270. The van der Waals surface area contributed by atoms with E-state index in [0.717, 1.165) is 81.8 Å². The predicted molar refractivity (Wildman–Crippen MR) is 329 cm³/mol. The van der Waals surface area contributed by atoms with Crippen LogP contribution >= 0.6 is 0 Å². The number of carbonyl (C=O) groups excluding carboxylic acids is 3. The molecule has 0 spiro atoms. The van der Waals surface area contributed by atoms with Crippen molar-refractivity contribution in [3.8, 4) is 22.3 Å².